The van der Waals surface area contributed by atoms with Crippen LogP contribution in [0.5, 0.6) is 0 Å². The number of carbonyl (C=O) groups is 1. The number of carbonyl (C=O) groups excluding carboxylic acids is 1. The lowest BCUT2D eigenvalue weighted by molar-refractivity contribution is -0.384. The monoisotopic (exact) mass is 484 g/mol. The smallest absolute Gasteiger partial charge is 0.270 e. The number of nitrogens with zero attached hydrogens (tertiary/aromatic N) is 5. The standard InChI is InChI=1S/C19H13BrN6O3S/c20-13-4-6-14(7-5-13)21-18(27)11-30-19-23-22-17-9-8-16(24-25(17)19)12-2-1-3-15(10-12)26(28)29/h1-10H,11H2,(H,21,27). The summed E-state index contributed by atoms with van der Waals surface area (Å²) in [4.78, 5) is 22.8. The van der Waals surface area contributed by atoms with E-state index in [1.165, 1.54) is 28.4 Å². The van der Waals surface area contributed by atoms with Crippen molar-refractivity contribution >= 4 is 50.6 Å². The van der Waals surface area contributed by atoms with Gasteiger partial charge >= 0.3 is 0 Å². The fourth-order valence-electron chi connectivity index (χ4n) is 2.65. The summed E-state index contributed by atoms with van der Waals surface area (Å²) in [5, 5.41) is 26.9. The van der Waals surface area contributed by atoms with Crippen molar-refractivity contribution in [2.75, 3.05) is 11.1 Å². The SMILES string of the molecule is O=C(CSc1nnc2ccc(-c3cccc([N+](=O)[O-])c3)nn12)Nc1ccc(Br)cc1. The Balaban J connectivity index is 1.51. The molecule has 4 rings (SSSR count). The Kier molecular flexibility index (Phi) is 5.72. The zero-order valence-electron chi connectivity index (χ0n) is 15.2. The maximum atomic E-state index is 12.2. The Morgan fingerprint density at radius 1 is 1.13 bits per heavy atom. The molecule has 0 fully saturated rings. The minimum absolute atomic E-state index is 0.0163. The number of nitro benzene ring substituents is 1. The fourth-order valence-corrected chi connectivity index (χ4v) is 3.60. The number of hydrogen-bond acceptors (Lipinski definition) is 7. The van der Waals surface area contributed by atoms with Crippen LogP contribution in [0.1, 0.15) is 0 Å². The summed E-state index contributed by atoms with van der Waals surface area (Å²) in [7, 11) is 0. The number of aromatic nitrogens is 4. The van der Waals surface area contributed by atoms with E-state index in [9.17, 15) is 14.9 Å². The van der Waals surface area contributed by atoms with Crippen LogP contribution in [0.4, 0.5) is 11.4 Å². The van der Waals surface area contributed by atoms with Crippen molar-refractivity contribution < 1.29 is 9.72 Å². The Morgan fingerprint density at radius 2 is 1.93 bits per heavy atom. The number of thioether (sulfide) groups is 1. The average Bonchev–Trinajstić information content (AvgIpc) is 3.16. The highest BCUT2D eigenvalue weighted by Gasteiger charge is 2.13. The second-order valence-corrected chi connectivity index (χ2v) is 7.98. The van der Waals surface area contributed by atoms with Crippen molar-refractivity contribution in [2.45, 2.75) is 5.16 Å². The number of halogens is 1. The van der Waals surface area contributed by atoms with E-state index in [-0.39, 0.29) is 17.3 Å². The van der Waals surface area contributed by atoms with E-state index in [1.807, 2.05) is 12.1 Å². The van der Waals surface area contributed by atoms with E-state index in [2.05, 4.69) is 36.5 Å². The van der Waals surface area contributed by atoms with E-state index < -0.39 is 4.92 Å². The molecule has 2 heterocycles. The summed E-state index contributed by atoms with van der Waals surface area (Å²) < 4.78 is 2.45. The largest absolute Gasteiger partial charge is 0.325 e. The number of fused-ring (bicyclic) bond motifs is 1. The van der Waals surface area contributed by atoms with Crippen LogP contribution in [0.2, 0.25) is 0 Å². The summed E-state index contributed by atoms with van der Waals surface area (Å²) in [6, 6.07) is 16.9. The Morgan fingerprint density at radius 3 is 2.70 bits per heavy atom. The lowest BCUT2D eigenvalue weighted by Crippen LogP contribution is -2.14. The molecule has 9 nitrogen and oxygen atoms in total. The van der Waals surface area contributed by atoms with Crippen LogP contribution in [0.25, 0.3) is 16.9 Å². The summed E-state index contributed by atoms with van der Waals surface area (Å²) >= 11 is 4.55. The average molecular weight is 485 g/mol. The molecule has 2 aromatic carbocycles. The molecular weight excluding hydrogens is 472 g/mol. The van der Waals surface area contributed by atoms with Gasteiger partial charge in [0.1, 0.15) is 0 Å². The third-order valence-electron chi connectivity index (χ3n) is 4.05. The fraction of sp³-hybridized carbons (Fsp3) is 0.0526. The van der Waals surface area contributed by atoms with Gasteiger partial charge in [-0.2, -0.15) is 9.61 Å². The molecular formula is C19H13BrN6O3S. The molecule has 1 amide bonds. The van der Waals surface area contributed by atoms with Crippen LogP contribution in [0.15, 0.2) is 70.3 Å². The first-order chi connectivity index (χ1) is 14.5. The normalized spacial score (nSPS) is 10.8. The van der Waals surface area contributed by atoms with Gasteiger partial charge in [-0.1, -0.05) is 39.8 Å². The first kappa shape index (κ1) is 20.0. The van der Waals surface area contributed by atoms with Crippen LogP contribution in [0.3, 0.4) is 0 Å². The van der Waals surface area contributed by atoms with Crippen LogP contribution in [0, 0.1) is 10.1 Å². The predicted molar refractivity (Wildman–Crippen MR) is 116 cm³/mol. The van der Waals surface area contributed by atoms with E-state index >= 15 is 0 Å². The highest BCUT2D eigenvalue weighted by molar-refractivity contribution is 9.10. The molecule has 0 saturated heterocycles. The summed E-state index contributed by atoms with van der Waals surface area (Å²) in [5.74, 6) is -0.0616. The Hall–Kier alpha value is -3.31. The van der Waals surface area contributed by atoms with E-state index in [4.69, 9.17) is 0 Å². The zero-order valence-corrected chi connectivity index (χ0v) is 17.6. The number of nitro groups is 1. The van der Waals surface area contributed by atoms with Gasteiger partial charge < -0.3 is 5.32 Å². The number of hydrogen-bond donors (Lipinski definition) is 1. The maximum Gasteiger partial charge on any atom is 0.270 e. The zero-order chi connectivity index (χ0) is 21.1. The van der Waals surface area contributed by atoms with Gasteiger partial charge in [0.25, 0.3) is 5.69 Å². The topological polar surface area (TPSA) is 115 Å². The number of amides is 1. The van der Waals surface area contributed by atoms with Gasteiger partial charge in [0.05, 0.1) is 16.4 Å². The van der Waals surface area contributed by atoms with Gasteiger partial charge in [-0.3, -0.25) is 14.9 Å². The molecule has 150 valence electrons. The molecule has 4 aromatic rings. The van der Waals surface area contributed by atoms with Gasteiger partial charge in [-0.25, -0.2) is 0 Å². The Labute approximate surface area is 182 Å². The molecule has 11 heteroatoms. The minimum atomic E-state index is -0.452. The molecule has 30 heavy (non-hydrogen) atoms. The predicted octanol–water partition coefficient (Wildman–Crippen LogP) is 4.19. The number of rotatable bonds is 6. The first-order valence-corrected chi connectivity index (χ1v) is 10.4. The number of non-ortho nitro benzene ring substituents is 1. The van der Waals surface area contributed by atoms with E-state index in [0.717, 1.165) is 4.47 Å². The van der Waals surface area contributed by atoms with Crippen LogP contribution in [-0.2, 0) is 4.79 Å². The van der Waals surface area contributed by atoms with Crippen molar-refractivity contribution in [1.29, 1.82) is 0 Å². The maximum absolute atomic E-state index is 12.2. The Bertz CT molecular complexity index is 1240. The highest BCUT2D eigenvalue weighted by Crippen LogP contribution is 2.24. The summed E-state index contributed by atoms with van der Waals surface area (Å²) in [6.07, 6.45) is 0. The van der Waals surface area contributed by atoms with Crippen molar-refractivity contribution in [2.24, 2.45) is 0 Å². The molecule has 0 saturated carbocycles. The van der Waals surface area contributed by atoms with Gasteiger partial charge in [-0.15, -0.1) is 10.2 Å². The third-order valence-corrected chi connectivity index (χ3v) is 5.50. The highest BCUT2D eigenvalue weighted by atomic mass is 79.9. The van der Waals surface area contributed by atoms with Gasteiger partial charge in [0.15, 0.2) is 5.65 Å². The lowest BCUT2D eigenvalue weighted by atomic mass is 10.1. The minimum Gasteiger partial charge on any atom is -0.325 e. The van der Waals surface area contributed by atoms with Gasteiger partial charge in [0, 0.05) is 27.9 Å². The molecule has 0 spiro atoms. The third kappa shape index (κ3) is 4.47. The van der Waals surface area contributed by atoms with E-state index in [0.29, 0.717) is 27.7 Å². The van der Waals surface area contributed by atoms with Crippen LogP contribution >= 0.6 is 27.7 Å². The van der Waals surface area contributed by atoms with Crippen molar-refractivity contribution in [3.8, 4) is 11.3 Å². The van der Waals surface area contributed by atoms with Crippen molar-refractivity contribution in [3.63, 3.8) is 0 Å². The molecule has 0 unspecified atom stereocenters. The van der Waals surface area contributed by atoms with E-state index in [1.54, 1.807) is 36.4 Å². The lowest BCUT2D eigenvalue weighted by Gasteiger charge is -2.05. The number of anilines is 1. The van der Waals surface area contributed by atoms with Gasteiger partial charge in [-0.05, 0) is 36.4 Å². The van der Waals surface area contributed by atoms with Crippen molar-refractivity contribution in [1.82, 2.24) is 19.8 Å². The molecule has 1 N–H and O–H groups in total. The van der Waals surface area contributed by atoms with Crippen LogP contribution in [-0.4, -0.2) is 36.4 Å². The summed E-state index contributed by atoms with van der Waals surface area (Å²) in [6.45, 7) is 0. The molecule has 0 bridgehead atoms. The van der Waals surface area contributed by atoms with Crippen molar-refractivity contribution in [3.05, 3.63) is 75.3 Å². The molecule has 0 atom stereocenters. The number of benzene rings is 2. The quantitative estimate of drug-likeness (QED) is 0.247. The molecule has 0 aliphatic heterocycles. The first-order valence-electron chi connectivity index (χ1n) is 8.65. The summed E-state index contributed by atoms with van der Waals surface area (Å²) in [5.41, 5.74) is 2.33. The second kappa shape index (κ2) is 8.59. The van der Waals surface area contributed by atoms with Gasteiger partial charge in [0.2, 0.25) is 11.1 Å². The van der Waals surface area contributed by atoms with Crippen LogP contribution < -0.4 is 5.32 Å². The molecule has 0 aliphatic carbocycles. The molecule has 2 aromatic heterocycles. The molecule has 0 radical (unpaired) electrons. The number of nitrogens with one attached hydrogen (secondary N) is 1. The second-order valence-electron chi connectivity index (χ2n) is 6.12. The molecule has 0 aliphatic rings.